The molecule has 5 heteroatoms. The molecular weight excluding hydrogens is 242 g/mol. The number of hydrogen-bond donors (Lipinski definition) is 2. The minimum absolute atomic E-state index is 0.369. The highest BCUT2D eigenvalue weighted by Crippen LogP contribution is 2.13. The molecule has 1 aromatic heterocycles. The van der Waals surface area contributed by atoms with E-state index in [1.54, 1.807) is 0 Å². The van der Waals surface area contributed by atoms with Crippen LogP contribution in [0.2, 0.25) is 0 Å². The Labute approximate surface area is 113 Å². The molecule has 1 aliphatic heterocycles. The normalized spacial score (nSPS) is 13.7. The predicted octanol–water partition coefficient (Wildman–Crippen LogP) is 1.75. The van der Waals surface area contributed by atoms with Crippen molar-refractivity contribution < 1.29 is 9.53 Å². The summed E-state index contributed by atoms with van der Waals surface area (Å²) in [5.74, 6) is 0. The summed E-state index contributed by atoms with van der Waals surface area (Å²) in [4.78, 5) is 15.8. The van der Waals surface area contributed by atoms with E-state index in [-0.39, 0.29) is 6.09 Å². The van der Waals surface area contributed by atoms with Crippen LogP contribution in [0, 0.1) is 0 Å². The maximum absolute atomic E-state index is 11.4. The van der Waals surface area contributed by atoms with Gasteiger partial charge in [-0.05, 0) is 36.6 Å². The van der Waals surface area contributed by atoms with Crippen molar-refractivity contribution in [2.75, 3.05) is 13.2 Å². The van der Waals surface area contributed by atoms with Gasteiger partial charge in [-0.2, -0.15) is 0 Å². The van der Waals surface area contributed by atoms with Gasteiger partial charge < -0.3 is 15.4 Å². The number of unbranched alkanes of at least 4 members (excludes halogenated alkanes) is 1. The van der Waals surface area contributed by atoms with E-state index in [1.807, 2.05) is 12.3 Å². The lowest BCUT2D eigenvalue weighted by Gasteiger charge is -2.17. The summed E-state index contributed by atoms with van der Waals surface area (Å²) in [6.07, 6.45) is 4.49. The van der Waals surface area contributed by atoms with E-state index < -0.39 is 0 Å². The van der Waals surface area contributed by atoms with E-state index in [0.717, 1.165) is 38.0 Å². The first-order valence-electron chi connectivity index (χ1n) is 6.87. The van der Waals surface area contributed by atoms with Crippen LogP contribution >= 0.6 is 0 Å². The van der Waals surface area contributed by atoms with Gasteiger partial charge in [0, 0.05) is 12.7 Å². The van der Waals surface area contributed by atoms with Crippen molar-refractivity contribution in [3.8, 4) is 0 Å². The maximum atomic E-state index is 11.4. The molecule has 0 radical (unpaired) electrons. The zero-order chi connectivity index (χ0) is 13.5. The molecule has 104 valence electrons. The Morgan fingerprint density at radius 1 is 1.53 bits per heavy atom. The van der Waals surface area contributed by atoms with Gasteiger partial charge >= 0.3 is 6.09 Å². The quantitative estimate of drug-likeness (QED) is 0.794. The molecule has 1 aromatic rings. The third-order valence-corrected chi connectivity index (χ3v) is 3.17. The van der Waals surface area contributed by atoms with Crippen LogP contribution in [0.1, 0.15) is 36.6 Å². The molecule has 0 atom stereocenters. The van der Waals surface area contributed by atoms with E-state index in [0.29, 0.717) is 13.2 Å². The van der Waals surface area contributed by atoms with Crippen LogP contribution in [-0.4, -0.2) is 24.2 Å². The second kappa shape index (κ2) is 7.09. The van der Waals surface area contributed by atoms with Crippen molar-refractivity contribution >= 4 is 6.09 Å². The van der Waals surface area contributed by atoms with Gasteiger partial charge in [0.05, 0.1) is 18.8 Å². The first-order chi connectivity index (χ1) is 9.29. The maximum Gasteiger partial charge on any atom is 0.407 e. The highest BCUT2D eigenvalue weighted by atomic mass is 16.5. The van der Waals surface area contributed by atoms with Crippen molar-refractivity contribution in [1.82, 2.24) is 15.6 Å². The Morgan fingerprint density at radius 3 is 3.26 bits per heavy atom. The Bertz CT molecular complexity index is 435. The summed E-state index contributed by atoms with van der Waals surface area (Å²) in [6, 6.07) is 2.05. The Morgan fingerprint density at radius 2 is 2.42 bits per heavy atom. The first kappa shape index (κ1) is 13.8. The first-order valence-corrected chi connectivity index (χ1v) is 6.87. The van der Waals surface area contributed by atoms with Crippen molar-refractivity contribution in [2.24, 2.45) is 0 Å². The van der Waals surface area contributed by atoms with Crippen LogP contribution in [0.25, 0.3) is 0 Å². The molecule has 0 saturated heterocycles. The number of pyridine rings is 1. The topological polar surface area (TPSA) is 63.2 Å². The van der Waals surface area contributed by atoms with E-state index in [2.05, 4.69) is 22.5 Å². The van der Waals surface area contributed by atoms with Gasteiger partial charge in [0.2, 0.25) is 0 Å². The van der Waals surface area contributed by atoms with Gasteiger partial charge in [0.15, 0.2) is 0 Å². The molecule has 0 aliphatic carbocycles. The van der Waals surface area contributed by atoms with Crippen molar-refractivity contribution in [2.45, 2.75) is 39.3 Å². The standard InChI is InChI=1S/C14H21N3O2/c1-2-3-6-19-14(18)17-10-13-7-12-8-15-5-4-11(12)9-16-13/h7,9,15H,2-6,8,10H2,1H3,(H,17,18). The number of rotatable bonds is 5. The number of amides is 1. The number of alkyl carbamates (subject to hydrolysis) is 1. The number of carbonyl (C=O) groups is 1. The molecule has 0 spiro atoms. The number of nitrogens with zero attached hydrogens (tertiary/aromatic N) is 1. The van der Waals surface area contributed by atoms with Crippen LogP contribution in [0.3, 0.4) is 0 Å². The molecule has 2 N–H and O–H groups in total. The Hall–Kier alpha value is -1.62. The molecule has 2 rings (SSSR count). The largest absolute Gasteiger partial charge is 0.450 e. The van der Waals surface area contributed by atoms with Crippen LogP contribution in [0.15, 0.2) is 12.3 Å². The second-order valence-electron chi connectivity index (χ2n) is 4.71. The van der Waals surface area contributed by atoms with Gasteiger partial charge in [-0.1, -0.05) is 13.3 Å². The molecular formula is C14H21N3O2. The molecule has 0 unspecified atom stereocenters. The molecule has 19 heavy (non-hydrogen) atoms. The third kappa shape index (κ3) is 4.21. The van der Waals surface area contributed by atoms with Gasteiger partial charge in [-0.25, -0.2) is 4.79 Å². The van der Waals surface area contributed by atoms with Gasteiger partial charge in [0.1, 0.15) is 0 Å². The molecule has 2 heterocycles. The number of hydrogen-bond acceptors (Lipinski definition) is 4. The third-order valence-electron chi connectivity index (χ3n) is 3.17. The SMILES string of the molecule is CCCCOC(=O)NCc1cc2c(cn1)CCNC2. The number of aromatic nitrogens is 1. The average molecular weight is 263 g/mol. The summed E-state index contributed by atoms with van der Waals surface area (Å²) in [5.41, 5.74) is 3.44. The molecule has 0 saturated carbocycles. The van der Waals surface area contributed by atoms with Gasteiger partial charge in [-0.3, -0.25) is 4.98 Å². The molecule has 5 nitrogen and oxygen atoms in total. The molecule has 0 bridgehead atoms. The van der Waals surface area contributed by atoms with E-state index in [1.165, 1.54) is 11.1 Å². The monoisotopic (exact) mass is 263 g/mol. The Kier molecular flexibility index (Phi) is 5.15. The zero-order valence-corrected chi connectivity index (χ0v) is 11.4. The van der Waals surface area contributed by atoms with Crippen LogP contribution in [0.5, 0.6) is 0 Å². The number of nitrogens with one attached hydrogen (secondary N) is 2. The lowest BCUT2D eigenvalue weighted by atomic mass is 10.0. The van der Waals surface area contributed by atoms with Crippen LogP contribution < -0.4 is 10.6 Å². The number of carbonyl (C=O) groups excluding carboxylic acids is 1. The minimum Gasteiger partial charge on any atom is -0.450 e. The fourth-order valence-electron chi connectivity index (χ4n) is 2.03. The van der Waals surface area contributed by atoms with E-state index >= 15 is 0 Å². The lowest BCUT2D eigenvalue weighted by Crippen LogP contribution is -2.26. The summed E-state index contributed by atoms with van der Waals surface area (Å²) >= 11 is 0. The summed E-state index contributed by atoms with van der Waals surface area (Å²) in [5, 5.41) is 6.05. The zero-order valence-electron chi connectivity index (χ0n) is 11.4. The van der Waals surface area contributed by atoms with Crippen molar-refractivity contribution in [1.29, 1.82) is 0 Å². The average Bonchev–Trinajstić information content (AvgIpc) is 2.45. The van der Waals surface area contributed by atoms with Crippen molar-refractivity contribution in [3.05, 3.63) is 29.1 Å². The predicted molar refractivity (Wildman–Crippen MR) is 72.7 cm³/mol. The molecule has 0 fully saturated rings. The van der Waals surface area contributed by atoms with E-state index in [4.69, 9.17) is 4.74 Å². The smallest absolute Gasteiger partial charge is 0.407 e. The summed E-state index contributed by atoms with van der Waals surface area (Å²) in [7, 11) is 0. The summed E-state index contributed by atoms with van der Waals surface area (Å²) < 4.78 is 5.03. The second-order valence-corrected chi connectivity index (χ2v) is 4.71. The minimum atomic E-state index is -0.369. The highest BCUT2D eigenvalue weighted by molar-refractivity contribution is 5.67. The van der Waals surface area contributed by atoms with Crippen LogP contribution in [-0.2, 0) is 24.2 Å². The van der Waals surface area contributed by atoms with Crippen molar-refractivity contribution in [3.63, 3.8) is 0 Å². The van der Waals surface area contributed by atoms with Gasteiger partial charge in [-0.15, -0.1) is 0 Å². The number of fused-ring (bicyclic) bond motifs is 1. The summed E-state index contributed by atoms with van der Waals surface area (Å²) in [6.45, 7) is 4.84. The molecule has 1 amide bonds. The fraction of sp³-hybridized carbons (Fsp3) is 0.571. The fourth-order valence-corrected chi connectivity index (χ4v) is 2.03. The lowest BCUT2D eigenvalue weighted by molar-refractivity contribution is 0.144. The highest BCUT2D eigenvalue weighted by Gasteiger charge is 2.10. The van der Waals surface area contributed by atoms with Gasteiger partial charge in [0.25, 0.3) is 0 Å². The Balaban J connectivity index is 1.81. The molecule has 0 aromatic carbocycles. The molecule has 1 aliphatic rings. The van der Waals surface area contributed by atoms with E-state index in [9.17, 15) is 4.79 Å². The number of ether oxygens (including phenoxy) is 1. The van der Waals surface area contributed by atoms with Crippen LogP contribution in [0.4, 0.5) is 4.79 Å².